The highest BCUT2D eigenvalue weighted by Crippen LogP contribution is 2.29. The molecule has 0 saturated heterocycles. The van der Waals surface area contributed by atoms with Gasteiger partial charge in [0, 0.05) is 0 Å². The van der Waals surface area contributed by atoms with E-state index in [9.17, 15) is 0 Å². The van der Waals surface area contributed by atoms with Gasteiger partial charge in [0.1, 0.15) is 0 Å². The average molecular weight is 292 g/mol. The minimum Gasteiger partial charge on any atom is -0.122 e. The zero-order chi connectivity index (χ0) is 5.82. The van der Waals surface area contributed by atoms with Crippen LogP contribution in [0, 0.1) is 0 Å². The fourth-order valence-electron chi connectivity index (χ4n) is 1.39. The summed E-state index contributed by atoms with van der Waals surface area (Å²) in [6.45, 7) is 2.34. The van der Waals surface area contributed by atoms with Gasteiger partial charge in [-0.2, -0.15) is 0 Å². The highest BCUT2D eigenvalue weighted by molar-refractivity contribution is 8.93. The molecule has 0 aromatic carbocycles. The maximum absolute atomic E-state index is 2.34. The molecule has 1 atom stereocenters. The van der Waals surface area contributed by atoms with Crippen LogP contribution in [0.1, 0.15) is 32.1 Å². The van der Waals surface area contributed by atoms with E-state index in [1.54, 1.807) is 0 Å². The Kier molecular flexibility index (Phi) is 11.8. The third kappa shape index (κ3) is 5.09. The van der Waals surface area contributed by atoms with Crippen LogP contribution in [0.25, 0.3) is 0 Å². The molecule has 0 radical (unpaired) electrons. The van der Waals surface area contributed by atoms with Crippen LogP contribution < -0.4 is 0 Å². The van der Waals surface area contributed by atoms with E-state index in [4.69, 9.17) is 0 Å². The van der Waals surface area contributed by atoms with E-state index in [1.165, 1.54) is 40.7 Å². The zero-order valence-corrected chi connectivity index (χ0v) is 10.9. The Bertz CT molecular complexity index is 62.6. The molecule has 3 heteroatoms. The topological polar surface area (TPSA) is 0 Å². The molecule has 0 heterocycles. The van der Waals surface area contributed by atoms with Gasteiger partial charge in [0.2, 0.25) is 0 Å². The Hall–Kier alpha value is 1.39. The normalized spacial score (nSPS) is 20.1. The molecule has 64 valence electrons. The van der Waals surface area contributed by atoms with E-state index in [2.05, 4.69) is 6.66 Å². The Labute approximate surface area is 86.9 Å². The van der Waals surface area contributed by atoms with E-state index < -0.39 is 0 Å². The first-order valence-corrected chi connectivity index (χ1v) is 5.18. The molecule has 0 aromatic rings. The molecule has 0 aliphatic heterocycles. The molecule has 1 fully saturated rings. The summed E-state index contributed by atoms with van der Waals surface area (Å²) < 4.78 is 0. The van der Waals surface area contributed by atoms with Crippen molar-refractivity contribution >= 4 is 42.5 Å². The SMILES string of the molecule is Br.Br.CPC1CCCCC1. The third-order valence-electron chi connectivity index (χ3n) is 2.01. The first-order chi connectivity index (χ1) is 3.93. The molecular formula is C7H17Br2P. The Morgan fingerprint density at radius 1 is 1.00 bits per heavy atom. The molecular weight excluding hydrogens is 275 g/mol. The molecule has 1 aliphatic rings. The Balaban J connectivity index is 0. The summed E-state index contributed by atoms with van der Waals surface area (Å²) in [4.78, 5) is 0. The molecule has 1 unspecified atom stereocenters. The second-order valence-electron chi connectivity index (χ2n) is 2.62. The zero-order valence-electron chi connectivity index (χ0n) is 6.43. The van der Waals surface area contributed by atoms with Gasteiger partial charge < -0.3 is 0 Å². The van der Waals surface area contributed by atoms with Gasteiger partial charge in [-0.05, 0) is 25.2 Å². The summed E-state index contributed by atoms with van der Waals surface area (Å²) in [5, 5.41) is 0. The lowest BCUT2D eigenvalue weighted by Crippen LogP contribution is -2.05. The predicted octanol–water partition coefficient (Wildman–Crippen LogP) is 3.78. The van der Waals surface area contributed by atoms with Crippen LogP contribution in [-0.4, -0.2) is 12.3 Å². The van der Waals surface area contributed by atoms with Crippen LogP contribution in [-0.2, 0) is 0 Å². The molecule has 0 aromatic heterocycles. The van der Waals surface area contributed by atoms with E-state index >= 15 is 0 Å². The summed E-state index contributed by atoms with van der Waals surface area (Å²) in [5.74, 6) is 0. The van der Waals surface area contributed by atoms with Crippen LogP contribution in [0.4, 0.5) is 0 Å². The van der Waals surface area contributed by atoms with Crippen LogP contribution >= 0.6 is 42.5 Å². The van der Waals surface area contributed by atoms with Gasteiger partial charge in [-0.25, -0.2) is 0 Å². The van der Waals surface area contributed by atoms with Crippen LogP contribution in [0.5, 0.6) is 0 Å². The lowest BCUT2D eigenvalue weighted by Gasteiger charge is -2.18. The smallest absolute Gasteiger partial charge is 0.0239 e. The van der Waals surface area contributed by atoms with Crippen molar-refractivity contribution in [3.63, 3.8) is 0 Å². The van der Waals surface area contributed by atoms with Crippen molar-refractivity contribution in [2.75, 3.05) is 6.66 Å². The minimum atomic E-state index is 0. The van der Waals surface area contributed by atoms with Crippen LogP contribution in [0.3, 0.4) is 0 Å². The first-order valence-electron chi connectivity index (χ1n) is 3.61. The quantitative estimate of drug-likeness (QED) is 0.645. The van der Waals surface area contributed by atoms with Gasteiger partial charge in [0.05, 0.1) is 0 Å². The van der Waals surface area contributed by atoms with Gasteiger partial charge in [0.25, 0.3) is 0 Å². The maximum Gasteiger partial charge on any atom is -0.0239 e. The van der Waals surface area contributed by atoms with Crippen molar-refractivity contribution < 1.29 is 0 Å². The van der Waals surface area contributed by atoms with E-state index in [0.29, 0.717) is 0 Å². The van der Waals surface area contributed by atoms with Crippen molar-refractivity contribution in [1.29, 1.82) is 0 Å². The van der Waals surface area contributed by atoms with Gasteiger partial charge in [-0.3, -0.25) is 0 Å². The van der Waals surface area contributed by atoms with Crippen molar-refractivity contribution in [2.24, 2.45) is 0 Å². The Morgan fingerprint density at radius 3 is 1.80 bits per heavy atom. The number of hydrogen-bond donors (Lipinski definition) is 0. The molecule has 1 saturated carbocycles. The highest BCUT2D eigenvalue weighted by Gasteiger charge is 2.09. The van der Waals surface area contributed by atoms with Crippen molar-refractivity contribution in [3.05, 3.63) is 0 Å². The second kappa shape index (κ2) is 8.49. The summed E-state index contributed by atoms with van der Waals surface area (Å²) in [7, 11) is 1.21. The molecule has 1 aliphatic carbocycles. The lowest BCUT2D eigenvalue weighted by atomic mass is 10.0. The molecule has 10 heavy (non-hydrogen) atoms. The highest BCUT2D eigenvalue weighted by atomic mass is 79.9. The van der Waals surface area contributed by atoms with E-state index in [1.807, 2.05) is 0 Å². The lowest BCUT2D eigenvalue weighted by molar-refractivity contribution is 0.514. The Morgan fingerprint density at radius 2 is 1.50 bits per heavy atom. The van der Waals surface area contributed by atoms with Gasteiger partial charge in [-0.1, -0.05) is 19.3 Å². The monoisotopic (exact) mass is 290 g/mol. The molecule has 0 amide bonds. The number of halogens is 2. The van der Waals surface area contributed by atoms with Crippen molar-refractivity contribution in [3.8, 4) is 0 Å². The molecule has 0 spiro atoms. The fraction of sp³-hybridized carbons (Fsp3) is 1.00. The molecule has 0 N–H and O–H groups in total. The third-order valence-corrected chi connectivity index (χ3v) is 3.41. The summed E-state index contributed by atoms with van der Waals surface area (Å²) in [6, 6.07) is 0. The maximum atomic E-state index is 2.34. The number of hydrogen-bond acceptors (Lipinski definition) is 0. The van der Waals surface area contributed by atoms with Gasteiger partial charge in [-0.15, -0.1) is 42.5 Å². The first kappa shape index (κ1) is 13.9. The average Bonchev–Trinajstić information content (AvgIpc) is 1.90. The molecule has 1 rings (SSSR count). The van der Waals surface area contributed by atoms with Crippen molar-refractivity contribution in [2.45, 2.75) is 37.8 Å². The minimum absolute atomic E-state index is 0. The fourth-order valence-corrected chi connectivity index (χ4v) is 2.38. The second-order valence-corrected chi connectivity index (χ2v) is 4.02. The standard InChI is InChI=1S/C7H15P.2BrH/c1-8-7-5-3-2-4-6-7;;/h7-8H,2-6H2,1H3;2*1H. The van der Waals surface area contributed by atoms with E-state index in [0.717, 1.165) is 5.66 Å². The summed E-state index contributed by atoms with van der Waals surface area (Å²) in [6.07, 6.45) is 7.56. The predicted molar refractivity (Wildman–Crippen MR) is 61.8 cm³/mol. The van der Waals surface area contributed by atoms with Gasteiger partial charge >= 0.3 is 0 Å². The summed E-state index contributed by atoms with van der Waals surface area (Å²) >= 11 is 0. The summed E-state index contributed by atoms with van der Waals surface area (Å²) in [5.41, 5.74) is 1.11. The number of rotatable bonds is 1. The van der Waals surface area contributed by atoms with E-state index in [-0.39, 0.29) is 34.0 Å². The molecule has 0 bridgehead atoms. The largest absolute Gasteiger partial charge is 0.122 e. The molecule has 0 nitrogen and oxygen atoms in total. The van der Waals surface area contributed by atoms with Crippen molar-refractivity contribution in [1.82, 2.24) is 0 Å². The van der Waals surface area contributed by atoms with Crippen LogP contribution in [0.15, 0.2) is 0 Å². The van der Waals surface area contributed by atoms with Crippen LogP contribution in [0.2, 0.25) is 0 Å². The van der Waals surface area contributed by atoms with Gasteiger partial charge in [0.15, 0.2) is 0 Å².